The highest BCUT2D eigenvalue weighted by atomic mass is 35.5. The smallest absolute Gasteiger partial charge is 0.304 e. The summed E-state index contributed by atoms with van der Waals surface area (Å²) in [5.74, 6) is 0.287. The molecule has 0 amide bonds. The SMILES string of the molecule is O=C(O)CCN1CCC2(CC1)COc1cc([S+]([O-])Cc3c(Cl)cccc3Cl)ccc12. The van der Waals surface area contributed by atoms with E-state index in [4.69, 9.17) is 33.0 Å². The molecule has 30 heavy (non-hydrogen) atoms. The summed E-state index contributed by atoms with van der Waals surface area (Å²) in [5.41, 5.74) is 1.81. The first-order chi connectivity index (χ1) is 14.4. The molecule has 2 aromatic carbocycles. The van der Waals surface area contributed by atoms with Gasteiger partial charge in [-0.2, -0.15) is 0 Å². The zero-order valence-corrected chi connectivity index (χ0v) is 18.7. The van der Waals surface area contributed by atoms with Crippen LogP contribution in [0.25, 0.3) is 0 Å². The molecule has 2 aromatic rings. The highest BCUT2D eigenvalue weighted by Crippen LogP contribution is 2.46. The number of aliphatic carboxylic acids is 1. The number of carboxylic acid groups (broad SMARTS) is 1. The lowest BCUT2D eigenvalue weighted by molar-refractivity contribution is -0.137. The Kier molecular flexibility index (Phi) is 6.51. The fourth-order valence-electron chi connectivity index (χ4n) is 4.25. The number of nitrogens with zero attached hydrogens (tertiary/aromatic N) is 1. The molecule has 0 bridgehead atoms. The maximum absolute atomic E-state index is 12.9. The lowest BCUT2D eigenvalue weighted by Gasteiger charge is -2.38. The van der Waals surface area contributed by atoms with Crippen molar-refractivity contribution in [3.05, 3.63) is 57.6 Å². The van der Waals surface area contributed by atoms with Gasteiger partial charge in [0.1, 0.15) is 11.5 Å². The molecule has 4 rings (SSSR count). The molecule has 5 nitrogen and oxygen atoms in total. The van der Waals surface area contributed by atoms with Crippen LogP contribution in [0.15, 0.2) is 41.3 Å². The maximum atomic E-state index is 12.9. The minimum Gasteiger partial charge on any atom is -0.611 e. The van der Waals surface area contributed by atoms with Gasteiger partial charge in [-0.25, -0.2) is 0 Å². The number of carbonyl (C=O) groups is 1. The lowest BCUT2D eigenvalue weighted by Crippen LogP contribution is -2.44. The third-order valence-corrected chi connectivity index (χ3v) is 8.12. The number of piperidine rings is 1. The van der Waals surface area contributed by atoms with Crippen molar-refractivity contribution in [2.75, 3.05) is 26.2 Å². The zero-order chi connectivity index (χ0) is 21.3. The van der Waals surface area contributed by atoms with E-state index in [-0.39, 0.29) is 17.6 Å². The van der Waals surface area contributed by atoms with Gasteiger partial charge in [-0.15, -0.1) is 0 Å². The molecule has 0 aromatic heterocycles. The summed E-state index contributed by atoms with van der Waals surface area (Å²) < 4.78 is 19.0. The number of hydrogen-bond donors (Lipinski definition) is 1. The van der Waals surface area contributed by atoms with Crippen molar-refractivity contribution in [1.29, 1.82) is 0 Å². The highest BCUT2D eigenvalue weighted by Gasteiger charge is 2.43. The molecule has 1 atom stereocenters. The molecule has 1 spiro atoms. The summed E-state index contributed by atoms with van der Waals surface area (Å²) in [5, 5.41) is 9.92. The number of carboxylic acids is 1. The van der Waals surface area contributed by atoms with Gasteiger partial charge in [-0.05, 0) is 61.4 Å². The zero-order valence-electron chi connectivity index (χ0n) is 16.4. The van der Waals surface area contributed by atoms with Gasteiger partial charge < -0.3 is 19.3 Å². The number of ether oxygens (including phenoxy) is 1. The monoisotopic (exact) mass is 467 g/mol. The Morgan fingerprint density at radius 3 is 2.57 bits per heavy atom. The summed E-state index contributed by atoms with van der Waals surface area (Å²) in [6.07, 6.45) is 2.03. The number of hydrogen-bond acceptors (Lipinski definition) is 4. The van der Waals surface area contributed by atoms with Crippen LogP contribution >= 0.6 is 23.2 Å². The standard InChI is InChI=1S/C22H23Cl2NO4S/c23-18-2-1-3-19(24)16(18)13-30(28)15-4-5-17-20(12-15)29-14-22(17)7-10-25(11-8-22)9-6-21(26)27/h1-5,12H,6-11,13-14H2,(H,26,27). The summed E-state index contributed by atoms with van der Waals surface area (Å²) in [7, 11) is 0. The fraction of sp³-hybridized carbons (Fsp3) is 0.409. The number of benzene rings is 2. The van der Waals surface area contributed by atoms with Crippen LogP contribution in [0, 0.1) is 0 Å². The van der Waals surface area contributed by atoms with E-state index in [1.807, 2.05) is 18.2 Å². The fourth-order valence-corrected chi connectivity index (χ4v) is 6.14. The molecular formula is C22H23Cl2NO4S. The summed E-state index contributed by atoms with van der Waals surface area (Å²) in [6, 6.07) is 11.1. The van der Waals surface area contributed by atoms with E-state index >= 15 is 0 Å². The van der Waals surface area contributed by atoms with Crippen molar-refractivity contribution in [2.24, 2.45) is 0 Å². The second-order valence-electron chi connectivity index (χ2n) is 7.90. The third-order valence-electron chi connectivity index (χ3n) is 6.08. The first kappa shape index (κ1) is 21.8. The van der Waals surface area contributed by atoms with Gasteiger partial charge in [0.25, 0.3) is 0 Å². The van der Waals surface area contributed by atoms with Crippen LogP contribution in [0.2, 0.25) is 10.0 Å². The van der Waals surface area contributed by atoms with Crippen molar-refractivity contribution in [3.8, 4) is 5.75 Å². The van der Waals surface area contributed by atoms with Gasteiger partial charge in [0, 0.05) is 39.2 Å². The summed E-state index contributed by atoms with van der Waals surface area (Å²) in [4.78, 5) is 13.7. The second-order valence-corrected chi connectivity index (χ2v) is 10.2. The molecule has 2 heterocycles. The Morgan fingerprint density at radius 1 is 1.20 bits per heavy atom. The molecule has 1 unspecified atom stereocenters. The predicted molar refractivity (Wildman–Crippen MR) is 118 cm³/mol. The molecule has 0 radical (unpaired) electrons. The normalized spacial score (nSPS) is 18.8. The van der Waals surface area contributed by atoms with Crippen molar-refractivity contribution < 1.29 is 19.2 Å². The van der Waals surface area contributed by atoms with Crippen molar-refractivity contribution >= 4 is 40.3 Å². The van der Waals surface area contributed by atoms with E-state index in [9.17, 15) is 9.35 Å². The predicted octanol–water partition coefficient (Wildman–Crippen LogP) is 4.50. The Bertz CT molecular complexity index is 926. The molecule has 1 fully saturated rings. The van der Waals surface area contributed by atoms with Crippen molar-refractivity contribution in [1.82, 2.24) is 4.90 Å². The maximum Gasteiger partial charge on any atom is 0.304 e. The van der Waals surface area contributed by atoms with E-state index in [2.05, 4.69) is 4.90 Å². The van der Waals surface area contributed by atoms with E-state index in [1.165, 1.54) is 0 Å². The van der Waals surface area contributed by atoms with Crippen LogP contribution in [0.4, 0.5) is 0 Å². The van der Waals surface area contributed by atoms with Gasteiger partial charge in [-0.3, -0.25) is 4.79 Å². The van der Waals surface area contributed by atoms with Crippen molar-refractivity contribution in [3.63, 3.8) is 0 Å². The summed E-state index contributed by atoms with van der Waals surface area (Å²) in [6.45, 7) is 2.91. The molecular weight excluding hydrogens is 445 g/mol. The average molecular weight is 468 g/mol. The molecule has 1 saturated heterocycles. The van der Waals surface area contributed by atoms with E-state index < -0.39 is 17.1 Å². The quantitative estimate of drug-likeness (QED) is 0.632. The Hall–Kier alpha value is -1.44. The summed E-state index contributed by atoms with van der Waals surface area (Å²) >= 11 is 11.2. The molecule has 160 valence electrons. The lowest BCUT2D eigenvalue weighted by atomic mass is 9.74. The Labute approximate surface area is 189 Å². The Balaban J connectivity index is 1.46. The second kappa shape index (κ2) is 8.97. The molecule has 0 aliphatic carbocycles. The topological polar surface area (TPSA) is 72.8 Å². The average Bonchev–Trinajstić information content (AvgIpc) is 3.08. The molecule has 1 N–H and O–H groups in total. The van der Waals surface area contributed by atoms with Gasteiger partial charge in [0.05, 0.1) is 13.0 Å². The minimum absolute atomic E-state index is 0.0406. The Morgan fingerprint density at radius 2 is 1.90 bits per heavy atom. The molecule has 2 aliphatic rings. The van der Waals surface area contributed by atoms with Gasteiger partial charge in [0.2, 0.25) is 0 Å². The molecule has 8 heteroatoms. The van der Waals surface area contributed by atoms with Gasteiger partial charge in [-0.1, -0.05) is 29.3 Å². The first-order valence-corrected chi connectivity index (χ1v) is 12.0. The van der Waals surface area contributed by atoms with E-state index in [0.29, 0.717) is 33.7 Å². The number of likely N-dealkylation sites (tertiary alicyclic amines) is 1. The van der Waals surface area contributed by atoms with Crippen LogP contribution in [-0.4, -0.2) is 46.8 Å². The van der Waals surface area contributed by atoms with Crippen LogP contribution in [0.5, 0.6) is 5.75 Å². The van der Waals surface area contributed by atoms with Gasteiger partial charge in [0.15, 0.2) is 4.90 Å². The van der Waals surface area contributed by atoms with Crippen molar-refractivity contribution in [2.45, 2.75) is 35.3 Å². The van der Waals surface area contributed by atoms with Crippen LogP contribution < -0.4 is 4.74 Å². The number of halogens is 2. The number of fused-ring (bicyclic) bond motifs is 2. The molecule has 2 aliphatic heterocycles. The highest BCUT2D eigenvalue weighted by molar-refractivity contribution is 7.90. The van der Waals surface area contributed by atoms with Crippen LogP contribution in [-0.2, 0) is 27.1 Å². The largest absolute Gasteiger partial charge is 0.611 e. The van der Waals surface area contributed by atoms with Crippen LogP contribution in [0.1, 0.15) is 30.4 Å². The van der Waals surface area contributed by atoms with Crippen LogP contribution in [0.3, 0.4) is 0 Å². The molecule has 0 saturated carbocycles. The van der Waals surface area contributed by atoms with Gasteiger partial charge >= 0.3 is 5.97 Å². The third kappa shape index (κ3) is 4.43. The minimum atomic E-state index is -1.29. The first-order valence-electron chi connectivity index (χ1n) is 9.91. The van der Waals surface area contributed by atoms with E-state index in [0.717, 1.165) is 37.2 Å². The van der Waals surface area contributed by atoms with E-state index in [1.54, 1.807) is 18.2 Å². The number of rotatable bonds is 6.